The Bertz CT molecular complexity index is 97.9. The van der Waals surface area contributed by atoms with E-state index in [0.717, 1.165) is 0 Å². The summed E-state index contributed by atoms with van der Waals surface area (Å²) in [6.45, 7) is 0.866. The molecule has 0 saturated carbocycles. The van der Waals surface area contributed by atoms with Gasteiger partial charge >= 0.3 is 0 Å². The first-order valence-corrected chi connectivity index (χ1v) is 3.50. The van der Waals surface area contributed by atoms with Crippen LogP contribution >= 0.6 is 0 Å². The average molecular weight is 146 g/mol. The summed E-state index contributed by atoms with van der Waals surface area (Å²) in [7, 11) is 0. The number of nitrogens with one attached hydrogen (secondary N) is 1. The van der Waals surface area contributed by atoms with Crippen molar-refractivity contribution in [1.82, 2.24) is 5.32 Å². The summed E-state index contributed by atoms with van der Waals surface area (Å²) in [5.74, 6) is 0.108. The van der Waals surface area contributed by atoms with Crippen LogP contribution in [0.4, 0.5) is 0 Å². The molecule has 0 aromatic rings. The molecule has 4 heteroatoms. The molecule has 5 N–H and O–H groups in total. The van der Waals surface area contributed by atoms with Crippen LogP contribution in [0.25, 0.3) is 0 Å². The second-order valence-electron chi connectivity index (χ2n) is 2.72. The Balaban J connectivity index is 2.41. The van der Waals surface area contributed by atoms with Crippen LogP contribution in [-0.2, 0) is 0 Å². The maximum atomic E-state index is 8.75. The molecule has 0 aliphatic carbocycles. The van der Waals surface area contributed by atoms with Crippen LogP contribution in [0.3, 0.4) is 0 Å². The van der Waals surface area contributed by atoms with E-state index in [9.17, 15) is 0 Å². The maximum Gasteiger partial charge on any atom is 0.0599 e. The molecule has 0 aromatic carbocycles. The van der Waals surface area contributed by atoms with Crippen molar-refractivity contribution >= 4 is 0 Å². The predicted octanol–water partition coefficient (Wildman–Crippen LogP) is -2.11. The number of aliphatic hydroxyl groups is 2. The molecule has 3 atom stereocenters. The molecule has 0 bridgehead atoms. The highest BCUT2D eigenvalue weighted by Crippen LogP contribution is 2.11. The van der Waals surface area contributed by atoms with E-state index in [1.54, 1.807) is 0 Å². The van der Waals surface area contributed by atoms with Crippen molar-refractivity contribution in [3.8, 4) is 0 Å². The van der Waals surface area contributed by atoms with E-state index in [-0.39, 0.29) is 31.2 Å². The van der Waals surface area contributed by atoms with Crippen LogP contribution in [0.15, 0.2) is 0 Å². The van der Waals surface area contributed by atoms with E-state index in [4.69, 9.17) is 15.9 Å². The van der Waals surface area contributed by atoms with Crippen molar-refractivity contribution in [1.29, 1.82) is 0 Å². The molecule has 0 unspecified atom stereocenters. The van der Waals surface area contributed by atoms with E-state index in [1.165, 1.54) is 0 Å². The minimum atomic E-state index is -0.102. The van der Waals surface area contributed by atoms with Crippen molar-refractivity contribution in [3.63, 3.8) is 0 Å². The third-order valence-corrected chi connectivity index (χ3v) is 2.08. The molecule has 1 rings (SSSR count). The van der Waals surface area contributed by atoms with Crippen molar-refractivity contribution < 1.29 is 10.2 Å². The maximum absolute atomic E-state index is 8.75. The Morgan fingerprint density at radius 2 is 2.10 bits per heavy atom. The van der Waals surface area contributed by atoms with Gasteiger partial charge in [0.1, 0.15) is 0 Å². The number of rotatable bonds is 2. The van der Waals surface area contributed by atoms with Gasteiger partial charge < -0.3 is 21.3 Å². The van der Waals surface area contributed by atoms with Gasteiger partial charge in [-0.25, -0.2) is 0 Å². The van der Waals surface area contributed by atoms with Crippen molar-refractivity contribution in [3.05, 3.63) is 0 Å². The summed E-state index contributed by atoms with van der Waals surface area (Å²) in [6, 6.07) is -0.132. The second-order valence-corrected chi connectivity index (χ2v) is 2.72. The quantitative estimate of drug-likeness (QED) is 0.359. The highest BCUT2D eigenvalue weighted by Gasteiger charge is 2.31. The molecule has 1 aliphatic heterocycles. The Labute approximate surface area is 60.0 Å². The molecule has 0 radical (unpaired) electrons. The molecule has 60 valence electrons. The van der Waals surface area contributed by atoms with Gasteiger partial charge in [0.2, 0.25) is 0 Å². The Hall–Kier alpha value is -0.160. The number of nitrogens with two attached hydrogens (primary N) is 1. The van der Waals surface area contributed by atoms with E-state index in [0.29, 0.717) is 6.54 Å². The first kappa shape index (κ1) is 7.94. The summed E-state index contributed by atoms with van der Waals surface area (Å²) < 4.78 is 0. The second kappa shape index (κ2) is 3.30. The molecule has 1 heterocycles. The van der Waals surface area contributed by atoms with Gasteiger partial charge in [-0.05, 0) is 0 Å². The fourth-order valence-corrected chi connectivity index (χ4v) is 1.28. The number of hydrogen-bond donors (Lipinski definition) is 4. The SMILES string of the molecule is N[C@@H]1[C@H](CO)CN[C@@H]1CO. The van der Waals surface area contributed by atoms with Crippen LogP contribution in [0.5, 0.6) is 0 Å². The van der Waals surface area contributed by atoms with Gasteiger partial charge in [-0.3, -0.25) is 0 Å². The first-order valence-electron chi connectivity index (χ1n) is 3.50. The van der Waals surface area contributed by atoms with Gasteiger partial charge in [0, 0.05) is 31.2 Å². The van der Waals surface area contributed by atoms with Gasteiger partial charge in [0.25, 0.3) is 0 Å². The number of aliphatic hydroxyl groups excluding tert-OH is 2. The fourth-order valence-electron chi connectivity index (χ4n) is 1.28. The lowest BCUT2D eigenvalue weighted by Gasteiger charge is -2.15. The largest absolute Gasteiger partial charge is 0.396 e. The molecular formula is C6H14N2O2. The summed E-state index contributed by atoms with van der Waals surface area (Å²) in [5, 5.41) is 20.5. The van der Waals surface area contributed by atoms with E-state index < -0.39 is 0 Å². The fraction of sp³-hybridized carbons (Fsp3) is 1.00. The van der Waals surface area contributed by atoms with Crippen molar-refractivity contribution in [2.45, 2.75) is 12.1 Å². The van der Waals surface area contributed by atoms with Gasteiger partial charge in [0.15, 0.2) is 0 Å². The first-order chi connectivity index (χ1) is 4.79. The summed E-state index contributed by atoms with van der Waals surface area (Å²) >= 11 is 0. The third-order valence-electron chi connectivity index (χ3n) is 2.08. The topological polar surface area (TPSA) is 78.5 Å². The summed E-state index contributed by atoms with van der Waals surface area (Å²) in [5.41, 5.74) is 5.66. The van der Waals surface area contributed by atoms with Gasteiger partial charge in [-0.15, -0.1) is 0 Å². The van der Waals surface area contributed by atoms with Crippen LogP contribution in [0.1, 0.15) is 0 Å². The normalized spacial score (nSPS) is 40.5. The molecule has 1 saturated heterocycles. The zero-order valence-corrected chi connectivity index (χ0v) is 5.83. The van der Waals surface area contributed by atoms with Crippen molar-refractivity contribution in [2.75, 3.05) is 19.8 Å². The van der Waals surface area contributed by atoms with Gasteiger partial charge in [-0.2, -0.15) is 0 Å². The highest BCUT2D eigenvalue weighted by atomic mass is 16.3. The Kier molecular flexibility index (Phi) is 2.62. The lowest BCUT2D eigenvalue weighted by molar-refractivity contribution is 0.206. The molecule has 4 nitrogen and oxygen atoms in total. The smallest absolute Gasteiger partial charge is 0.0599 e. The lowest BCUT2D eigenvalue weighted by atomic mass is 10.0. The van der Waals surface area contributed by atoms with Crippen LogP contribution in [0.2, 0.25) is 0 Å². The standard InChI is InChI=1S/C6H14N2O2/c7-6-4(2-9)1-8-5(6)3-10/h4-6,8-10H,1-3,7H2/t4-,5+,6+/m0/s1. The summed E-state index contributed by atoms with van der Waals surface area (Å²) in [4.78, 5) is 0. The van der Waals surface area contributed by atoms with Crippen LogP contribution in [0, 0.1) is 5.92 Å². The molecule has 0 spiro atoms. The molecule has 10 heavy (non-hydrogen) atoms. The Morgan fingerprint density at radius 3 is 2.40 bits per heavy atom. The van der Waals surface area contributed by atoms with Gasteiger partial charge in [-0.1, -0.05) is 0 Å². The highest BCUT2D eigenvalue weighted by molar-refractivity contribution is 4.92. The zero-order valence-electron chi connectivity index (χ0n) is 5.83. The molecular weight excluding hydrogens is 132 g/mol. The molecule has 1 fully saturated rings. The molecule has 0 amide bonds. The average Bonchev–Trinajstić information content (AvgIpc) is 2.30. The zero-order chi connectivity index (χ0) is 7.56. The number of hydrogen-bond acceptors (Lipinski definition) is 4. The minimum Gasteiger partial charge on any atom is -0.396 e. The van der Waals surface area contributed by atoms with Gasteiger partial charge in [0.05, 0.1) is 6.61 Å². The van der Waals surface area contributed by atoms with Crippen LogP contribution in [-0.4, -0.2) is 42.1 Å². The Morgan fingerprint density at radius 1 is 1.40 bits per heavy atom. The van der Waals surface area contributed by atoms with E-state index >= 15 is 0 Å². The van der Waals surface area contributed by atoms with Crippen molar-refractivity contribution in [2.24, 2.45) is 11.7 Å². The molecule has 0 aromatic heterocycles. The molecule has 1 aliphatic rings. The third kappa shape index (κ3) is 1.29. The van der Waals surface area contributed by atoms with Crippen LogP contribution < -0.4 is 11.1 Å². The predicted molar refractivity (Wildman–Crippen MR) is 37.4 cm³/mol. The summed E-state index contributed by atoms with van der Waals surface area (Å²) in [6.07, 6.45) is 0. The van der Waals surface area contributed by atoms with E-state index in [1.807, 2.05) is 0 Å². The minimum absolute atomic E-state index is 0.0304. The van der Waals surface area contributed by atoms with E-state index in [2.05, 4.69) is 5.32 Å². The monoisotopic (exact) mass is 146 g/mol. The lowest BCUT2D eigenvalue weighted by Crippen LogP contribution is -2.41.